The molecule has 0 saturated carbocycles. The number of hydrogen-bond acceptors (Lipinski definition) is 3. The molecule has 2 aromatic carbocycles. The van der Waals surface area contributed by atoms with Crippen LogP contribution in [0.25, 0.3) is 11.1 Å². The lowest BCUT2D eigenvalue weighted by Crippen LogP contribution is -2.34. The predicted octanol–water partition coefficient (Wildman–Crippen LogP) is 4.50. The van der Waals surface area contributed by atoms with Gasteiger partial charge in [-0.05, 0) is 59.5 Å². The molecule has 1 aliphatic rings. The number of anilines is 1. The van der Waals surface area contributed by atoms with E-state index >= 15 is 0 Å². The normalized spacial score (nSPS) is 17.1. The minimum atomic E-state index is 0.0415. The third-order valence-corrected chi connectivity index (χ3v) is 4.97. The summed E-state index contributed by atoms with van der Waals surface area (Å²) in [5, 5.41) is 3.10. The molecule has 1 aliphatic heterocycles. The van der Waals surface area contributed by atoms with Gasteiger partial charge in [0.1, 0.15) is 0 Å². The number of nitrogens with zero attached hydrogens (tertiary/aromatic N) is 2. The van der Waals surface area contributed by atoms with Crippen LogP contribution in [0, 0.1) is 0 Å². The Morgan fingerprint density at radius 1 is 1.04 bits per heavy atom. The van der Waals surface area contributed by atoms with Gasteiger partial charge in [0.05, 0.1) is 12.6 Å². The molecule has 0 aliphatic carbocycles. The van der Waals surface area contributed by atoms with E-state index in [9.17, 15) is 4.79 Å². The second-order valence-electron chi connectivity index (χ2n) is 6.87. The predicted molar refractivity (Wildman–Crippen MR) is 108 cm³/mol. The molecule has 4 nitrogen and oxygen atoms in total. The minimum absolute atomic E-state index is 0.0415. The van der Waals surface area contributed by atoms with Crippen LogP contribution in [0.1, 0.15) is 30.5 Å². The Morgan fingerprint density at radius 3 is 2.56 bits per heavy atom. The standard InChI is InChI=1S/C23H23N3O/c1-2-14-26-16-22(27)25-21-9-8-19(17-10-12-24-13-11-17)15-20(21)23(26)18-6-4-3-5-7-18/h3-13,15,23H,2,14,16H2,1H3,(H,25,27). The highest BCUT2D eigenvalue weighted by Crippen LogP contribution is 2.38. The summed E-state index contributed by atoms with van der Waals surface area (Å²) >= 11 is 0. The molecular formula is C23H23N3O. The molecule has 4 heteroatoms. The van der Waals surface area contributed by atoms with Gasteiger partial charge in [-0.15, -0.1) is 0 Å². The Labute approximate surface area is 159 Å². The van der Waals surface area contributed by atoms with E-state index < -0.39 is 0 Å². The van der Waals surface area contributed by atoms with Gasteiger partial charge in [-0.1, -0.05) is 43.3 Å². The van der Waals surface area contributed by atoms with Gasteiger partial charge >= 0.3 is 0 Å². The van der Waals surface area contributed by atoms with E-state index in [0.717, 1.165) is 35.3 Å². The first kappa shape index (κ1) is 17.4. The highest BCUT2D eigenvalue weighted by atomic mass is 16.2. The maximum atomic E-state index is 12.5. The van der Waals surface area contributed by atoms with E-state index in [0.29, 0.717) is 6.54 Å². The zero-order chi connectivity index (χ0) is 18.6. The van der Waals surface area contributed by atoms with E-state index in [-0.39, 0.29) is 11.9 Å². The van der Waals surface area contributed by atoms with E-state index in [2.05, 4.69) is 58.5 Å². The average molecular weight is 357 g/mol. The Bertz CT molecular complexity index is 925. The van der Waals surface area contributed by atoms with Gasteiger partial charge in [-0.3, -0.25) is 14.7 Å². The number of nitrogens with one attached hydrogen (secondary N) is 1. The third kappa shape index (κ3) is 3.62. The highest BCUT2D eigenvalue weighted by Gasteiger charge is 2.29. The fourth-order valence-electron chi connectivity index (χ4n) is 3.81. The number of hydrogen-bond donors (Lipinski definition) is 1. The monoisotopic (exact) mass is 357 g/mol. The smallest absolute Gasteiger partial charge is 0.238 e. The summed E-state index contributed by atoms with van der Waals surface area (Å²) in [5.74, 6) is 0.0415. The molecule has 0 fully saturated rings. The first-order valence-corrected chi connectivity index (χ1v) is 9.39. The number of benzene rings is 2. The van der Waals surface area contributed by atoms with Gasteiger partial charge in [-0.2, -0.15) is 0 Å². The molecule has 0 bridgehead atoms. The molecule has 1 unspecified atom stereocenters. The van der Waals surface area contributed by atoms with Crippen LogP contribution in [0.4, 0.5) is 5.69 Å². The number of carbonyl (C=O) groups is 1. The molecule has 27 heavy (non-hydrogen) atoms. The van der Waals surface area contributed by atoms with Crippen molar-refractivity contribution in [1.82, 2.24) is 9.88 Å². The topological polar surface area (TPSA) is 45.2 Å². The molecule has 1 aromatic heterocycles. The fourth-order valence-corrected chi connectivity index (χ4v) is 3.81. The molecule has 1 N–H and O–H groups in total. The van der Waals surface area contributed by atoms with E-state index in [1.54, 1.807) is 12.4 Å². The van der Waals surface area contributed by atoms with Gasteiger partial charge < -0.3 is 5.32 Å². The fraction of sp³-hybridized carbons (Fsp3) is 0.217. The summed E-state index contributed by atoms with van der Waals surface area (Å²) in [4.78, 5) is 18.9. The zero-order valence-electron chi connectivity index (χ0n) is 15.4. The molecular weight excluding hydrogens is 334 g/mol. The van der Waals surface area contributed by atoms with Crippen LogP contribution < -0.4 is 5.32 Å². The van der Waals surface area contributed by atoms with Gasteiger partial charge in [0, 0.05) is 18.1 Å². The summed E-state index contributed by atoms with van der Waals surface area (Å²) in [6.45, 7) is 3.41. The largest absolute Gasteiger partial charge is 0.325 e. The molecule has 1 amide bonds. The van der Waals surface area contributed by atoms with Crippen LogP contribution in [0.15, 0.2) is 73.1 Å². The number of rotatable bonds is 4. The summed E-state index contributed by atoms with van der Waals surface area (Å²) in [6, 6.07) is 20.8. The lowest BCUT2D eigenvalue weighted by atomic mass is 9.93. The second-order valence-corrected chi connectivity index (χ2v) is 6.87. The van der Waals surface area contributed by atoms with E-state index in [4.69, 9.17) is 0 Å². The maximum absolute atomic E-state index is 12.5. The summed E-state index contributed by atoms with van der Waals surface area (Å²) in [5.41, 5.74) is 5.48. The Morgan fingerprint density at radius 2 is 1.81 bits per heavy atom. The number of amides is 1. The summed E-state index contributed by atoms with van der Waals surface area (Å²) in [7, 11) is 0. The van der Waals surface area contributed by atoms with Crippen molar-refractivity contribution in [3.05, 3.63) is 84.2 Å². The number of pyridine rings is 1. The molecule has 0 radical (unpaired) electrons. The van der Waals surface area contributed by atoms with Gasteiger partial charge in [0.15, 0.2) is 0 Å². The van der Waals surface area contributed by atoms with Crippen molar-refractivity contribution in [3.8, 4) is 11.1 Å². The summed E-state index contributed by atoms with van der Waals surface area (Å²) < 4.78 is 0. The maximum Gasteiger partial charge on any atom is 0.238 e. The van der Waals surface area contributed by atoms with Crippen LogP contribution in [-0.2, 0) is 4.79 Å². The van der Waals surface area contributed by atoms with Crippen molar-refractivity contribution in [3.63, 3.8) is 0 Å². The summed E-state index contributed by atoms with van der Waals surface area (Å²) in [6.07, 6.45) is 4.61. The van der Waals surface area contributed by atoms with Crippen molar-refractivity contribution in [2.45, 2.75) is 19.4 Å². The number of aromatic nitrogens is 1. The molecule has 0 spiro atoms. The van der Waals surface area contributed by atoms with Gasteiger partial charge in [-0.25, -0.2) is 0 Å². The first-order chi connectivity index (χ1) is 13.3. The van der Waals surface area contributed by atoms with Crippen LogP contribution in [0.5, 0.6) is 0 Å². The quantitative estimate of drug-likeness (QED) is 0.748. The number of fused-ring (bicyclic) bond motifs is 1. The second kappa shape index (κ2) is 7.72. The highest BCUT2D eigenvalue weighted by molar-refractivity contribution is 5.94. The average Bonchev–Trinajstić information content (AvgIpc) is 2.84. The Kier molecular flexibility index (Phi) is 4.99. The van der Waals surface area contributed by atoms with Gasteiger partial charge in [0.25, 0.3) is 0 Å². The SMILES string of the molecule is CCCN1CC(=O)Nc2ccc(-c3ccncc3)cc2C1c1ccccc1. The lowest BCUT2D eigenvalue weighted by molar-refractivity contribution is -0.117. The molecule has 4 rings (SSSR count). The van der Waals surface area contributed by atoms with Crippen LogP contribution in [0.3, 0.4) is 0 Å². The molecule has 2 heterocycles. The van der Waals surface area contributed by atoms with Crippen molar-refractivity contribution in [1.29, 1.82) is 0 Å². The Hall–Kier alpha value is -2.98. The van der Waals surface area contributed by atoms with Crippen molar-refractivity contribution in [2.75, 3.05) is 18.4 Å². The van der Waals surface area contributed by atoms with Crippen molar-refractivity contribution < 1.29 is 4.79 Å². The third-order valence-electron chi connectivity index (χ3n) is 4.97. The van der Waals surface area contributed by atoms with Crippen LogP contribution >= 0.6 is 0 Å². The van der Waals surface area contributed by atoms with Crippen LogP contribution in [0.2, 0.25) is 0 Å². The van der Waals surface area contributed by atoms with Crippen molar-refractivity contribution >= 4 is 11.6 Å². The molecule has 1 atom stereocenters. The lowest BCUT2D eigenvalue weighted by Gasteiger charge is -2.30. The molecule has 0 saturated heterocycles. The van der Waals surface area contributed by atoms with E-state index in [1.165, 1.54) is 5.56 Å². The molecule has 136 valence electrons. The van der Waals surface area contributed by atoms with E-state index in [1.807, 2.05) is 24.3 Å². The van der Waals surface area contributed by atoms with Crippen molar-refractivity contribution in [2.24, 2.45) is 0 Å². The first-order valence-electron chi connectivity index (χ1n) is 9.39. The van der Waals surface area contributed by atoms with Crippen LogP contribution in [-0.4, -0.2) is 28.9 Å². The molecule has 3 aromatic rings. The minimum Gasteiger partial charge on any atom is -0.325 e. The zero-order valence-corrected chi connectivity index (χ0v) is 15.4. The van der Waals surface area contributed by atoms with Gasteiger partial charge in [0.2, 0.25) is 5.91 Å². The Balaban J connectivity index is 1.88. The number of carbonyl (C=O) groups excluding carboxylic acids is 1.